The number of nitrogens with one attached hydrogen (secondary N) is 1. The molecule has 108 valence electrons. The van der Waals surface area contributed by atoms with Crippen LogP contribution in [0.2, 0.25) is 0 Å². The fraction of sp³-hybridized carbons (Fsp3) is 0.118. The zero-order valence-corrected chi connectivity index (χ0v) is 12.1. The molecule has 1 N–H and O–H groups in total. The summed E-state index contributed by atoms with van der Waals surface area (Å²) in [4.78, 5) is 4.24. The Bertz CT molecular complexity index is 785. The first-order valence-corrected chi connectivity index (χ1v) is 6.99. The molecule has 0 amide bonds. The van der Waals surface area contributed by atoms with E-state index in [0.29, 0.717) is 5.56 Å². The SMILES string of the molecule is C[C@H](Nc1ccc(C#N)cn1)c1cccc(-n2cccn2)c1. The van der Waals surface area contributed by atoms with Crippen molar-refractivity contribution in [3.8, 4) is 11.8 Å². The topological polar surface area (TPSA) is 66.5 Å². The van der Waals surface area contributed by atoms with Crippen molar-refractivity contribution in [1.82, 2.24) is 14.8 Å². The number of pyridine rings is 1. The summed E-state index contributed by atoms with van der Waals surface area (Å²) >= 11 is 0. The van der Waals surface area contributed by atoms with Crippen LogP contribution in [0.5, 0.6) is 0 Å². The quantitative estimate of drug-likeness (QED) is 0.800. The number of nitriles is 1. The molecule has 5 heteroatoms. The molecular weight excluding hydrogens is 274 g/mol. The molecule has 22 heavy (non-hydrogen) atoms. The van der Waals surface area contributed by atoms with Gasteiger partial charge in [-0.15, -0.1) is 0 Å². The van der Waals surface area contributed by atoms with Gasteiger partial charge >= 0.3 is 0 Å². The number of hydrogen-bond donors (Lipinski definition) is 1. The molecule has 1 aromatic carbocycles. The smallest absolute Gasteiger partial charge is 0.126 e. The summed E-state index contributed by atoms with van der Waals surface area (Å²) in [6.45, 7) is 2.07. The highest BCUT2D eigenvalue weighted by Crippen LogP contribution is 2.20. The van der Waals surface area contributed by atoms with Crippen LogP contribution in [0.4, 0.5) is 5.82 Å². The summed E-state index contributed by atoms with van der Waals surface area (Å²) < 4.78 is 1.83. The maximum absolute atomic E-state index is 8.79. The average Bonchev–Trinajstić information content (AvgIpc) is 3.10. The van der Waals surface area contributed by atoms with Gasteiger partial charge in [0.25, 0.3) is 0 Å². The van der Waals surface area contributed by atoms with Crippen molar-refractivity contribution < 1.29 is 0 Å². The van der Waals surface area contributed by atoms with Crippen LogP contribution in [0.1, 0.15) is 24.1 Å². The Kier molecular flexibility index (Phi) is 3.84. The zero-order valence-electron chi connectivity index (χ0n) is 12.1. The van der Waals surface area contributed by atoms with Gasteiger partial charge in [0.1, 0.15) is 11.9 Å². The molecule has 0 saturated heterocycles. The fourth-order valence-corrected chi connectivity index (χ4v) is 2.21. The lowest BCUT2D eigenvalue weighted by molar-refractivity contribution is 0.850. The molecule has 2 heterocycles. The lowest BCUT2D eigenvalue weighted by Crippen LogP contribution is -2.08. The largest absolute Gasteiger partial charge is 0.364 e. The summed E-state index contributed by atoms with van der Waals surface area (Å²) in [5.74, 6) is 0.746. The van der Waals surface area contributed by atoms with E-state index < -0.39 is 0 Å². The van der Waals surface area contributed by atoms with E-state index in [1.54, 1.807) is 18.5 Å². The maximum Gasteiger partial charge on any atom is 0.126 e. The first-order valence-electron chi connectivity index (χ1n) is 6.99. The van der Waals surface area contributed by atoms with Gasteiger partial charge in [-0.1, -0.05) is 12.1 Å². The number of benzene rings is 1. The molecule has 0 fully saturated rings. The summed E-state index contributed by atoms with van der Waals surface area (Å²) in [6, 6.07) is 15.8. The molecule has 3 rings (SSSR count). The third-order valence-electron chi connectivity index (χ3n) is 3.40. The number of rotatable bonds is 4. The second-order valence-electron chi connectivity index (χ2n) is 4.96. The van der Waals surface area contributed by atoms with E-state index in [2.05, 4.69) is 40.5 Å². The lowest BCUT2D eigenvalue weighted by atomic mass is 10.1. The standard InChI is InChI=1S/C17H15N5/c1-13(21-17-7-6-14(11-18)12-19-17)15-4-2-5-16(10-15)22-9-3-8-20-22/h2-10,12-13H,1H3,(H,19,21)/t13-/m0/s1. The van der Waals surface area contributed by atoms with Crippen LogP contribution in [-0.2, 0) is 0 Å². The van der Waals surface area contributed by atoms with Gasteiger partial charge in [-0.2, -0.15) is 10.4 Å². The highest BCUT2D eigenvalue weighted by molar-refractivity contribution is 5.43. The predicted molar refractivity (Wildman–Crippen MR) is 84.6 cm³/mol. The molecular formula is C17H15N5. The molecule has 0 aliphatic carbocycles. The summed E-state index contributed by atoms with van der Waals surface area (Å²) in [7, 11) is 0. The Morgan fingerprint density at radius 2 is 2.14 bits per heavy atom. The van der Waals surface area contributed by atoms with E-state index in [-0.39, 0.29) is 6.04 Å². The summed E-state index contributed by atoms with van der Waals surface area (Å²) in [6.07, 6.45) is 5.24. The third-order valence-corrected chi connectivity index (χ3v) is 3.40. The molecule has 1 atom stereocenters. The maximum atomic E-state index is 8.79. The van der Waals surface area contributed by atoms with Crippen molar-refractivity contribution in [2.75, 3.05) is 5.32 Å². The van der Waals surface area contributed by atoms with E-state index in [1.165, 1.54) is 0 Å². The van der Waals surface area contributed by atoms with E-state index in [9.17, 15) is 0 Å². The minimum Gasteiger partial charge on any atom is -0.364 e. The van der Waals surface area contributed by atoms with Gasteiger partial charge in [0.05, 0.1) is 17.3 Å². The first-order chi connectivity index (χ1) is 10.8. The van der Waals surface area contributed by atoms with Crippen molar-refractivity contribution >= 4 is 5.82 Å². The second kappa shape index (κ2) is 6.10. The van der Waals surface area contributed by atoms with Crippen LogP contribution in [-0.4, -0.2) is 14.8 Å². The van der Waals surface area contributed by atoms with Gasteiger partial charge in [-0.05, 0) is 42.8 Å². The molecule has 0 saturated carbocycles. The van der Waals surface area contributed by atoms with Crippen LogP contribution in [0.3, 0.4) is 0 Å². The van der Waals surface area contributed by atoms with Gasteiger partial charge < -0.3 is 5.32 Å². The predicted octanol–water partition coefficient (Wildman–Crippen LogP) is 3.31. The number of aromatic nitrogens is 3. The molecule has 0 aliphatic heterocycles. The van der Waals surface area contributed by atoms with Crippen molar-refractivity contribution in [3.63, 3.8) is 0 Å². The average molecular weight is 289 g/mol. The Balaban J connectivity index is 1.78. The van der Waals surface area contributed by atoms with E-state index >= 15 is 0 Å². The number of anilines is 1. The van der Waals surface area contributed by atoms with Gasteiger partial charge in [-0.25, -0.2) is 9.67 Å². The molecule has 0 aliphatic rings. The summed E-state index contributed by atoms with van der Waals surface area (Å²) in [5, 5.41) is 16.4. The summed E-state index contributed by atoms with van der Waals surface area (Å²) in [5.41, 5.74) is 2.71. The number of hydrogen-bond acceptors (Lipinski definition) is 4. The Morgan fingerprint density at radius 3 is 2.82 bits per heavy atom. The van der Waals surface area contributed by atoms with Crippen molar-refractivity contribution in [3.05, 3.63) is 72.2 Å². The molecule has 0 radical (unpaired) electrons. The van der Waals surface area contributed by atoms with Gasteiger partial charge in [-0.3, -0.25) is 0 Å². The Hall–Kier alpha value is -3.13. The highest BCUT2D eigenvalue weighted by Gasteiger charge is 2.07. The molecule has 2 aromatic heterocycles. The minimum atomic E-state index is 0.0935. The van der Waals surface area contributed by atoms with Gasteiger partial charge in [0.15, 0.2) is 0 Å². The highest BCUT2D eigenvalue weighted by atomic mass is 15.3. The molecule has 0 bridgehead atoms. The molecule has 3 aromatic rings. The Morgan fingerprint density at radius 1 is 1.23 bits per heavy atom. The normalized spacial score (nSPS) is 11.6. The van der Waals surface area contributed by atoms with Crippen molar-refractivity contribution in [2.45, 2.75) is 13.0 Å². The van der Waals surface area contributed by atoms with Crippen LogP contribution in [0.15, 0.2) is 61.1 Å². The fourth-order valence-electron chi connectivity index (χ4n) is 2.21. The molecule has 5 nitrogen and oxygen atoms in total. The van der Waals surface area contributed by atoms with E-state index in [0.717, 1.165) is 17.1 Å². The monoisotopic (exact) mass is 289 g/mol. The van der Waals surface area contributed by atoms with Crippen LogP contribution >= 0.6 is 0 Å². The Labute approximate surface area is 128 Å². The zero-order chi connectivity index (χ0) is 15.4. The number of nitrogens with zero attached hydrogens (tertiary/aromatic N) is 4. The first kappa shape index (κ1) is 13.8. The van der Waals surface area contributed by atoms with E-state index in [4.69, 9.17) is 5.26 Å². The molecule has 0 spiro atoms. The molecule has 0 unspecified atom stereocenters. The van der Waals surface area contributed by atoms with Gasteiger partial charge in [0, 0.05) is 18.6 Å². The van der Waals surface area contributed by atoms with Crippen molar-refractivity contribution in [2.24, 2.45) is 0 Å². The third kappa shape index (κ3) is 2.96. The van der Waals surface area contributed by atoms with Gasteiger partial charge in [0.2, 0.25) is 0 Å². The second-order valence-corrected chi connectivity index (χ2v) is 4.96. The van der Waals surface area contributed by atoms with Crippen LogP contribution in [0.25, 0.3) is 5.69 Å². The van der Waals surface area contributed by atoms with Crippen molar-refractivity contribution in [1.29, 1.82) is 5.26 Å². The minimum absolute atomic E-state index is 0.0935. The lowest BCUT2D eigenvalue weighted by Gasteiger charge is -2.16. The van der Waals surface area contributed by atoms with Crippen LogP contribution in [0, 0.1) is 11.3 Å². The van der Waals surface area contributed by atoms with Crippen LogP contribution < -0.4 is 5.32 Å². The van der Waals surface area contributed by atoms with E-state index in [1.807, 2.05) is 35.1 Å².